The summed E-state index contributed by atoms with van der Waals surface area (Å²) in [7, 11) is 0. The molecule has 0 fully saturated rings. The summed E-state index contributed by atoms with van der Waals surface area (Å²) in [5, 5.41) is 1.22. The molecule has 0 N–H and O–H groups in total. The fraction of sp³-hybridized carbons (Fsp3) is 0.0909. The second kappa shape index (κ2) is 4.13. The van der Waals surface area contributed by atoms with Gasteiger partial charge in [0, 0.05) is 10.9 Å². The van der Waals surface area contributed by atoms with E-state index in [-0.39, 0.29) is 0 Å². The Morgan fingerprint density at radius 2 is 2.27 bits per heavy atom. The number of aryl methyl sites for hydroxylation is 1. The molecule has 0 radical (unpaired) electrons. The standard InChI is InChI=1S/C11H8ClNOS/c1-7-3-2-4-8(5-7)10-9(11(12)14)6-15-13-10/h2-6H,1H3. The van der Waals surface area contributed by atoms with Crippen molar-refractivity contribution in [1.29, 1.82) is 0 Å². The second-order valence-corrected chi connectivity index (χ2v) is 4.19. The lowest BCUT2D eigenvalue weighted by Gasteiger charge is -2.00. The van der Waals surface area contributed by atoms with Crippen LogP contribution in [0.15, 0.2) is 29.6 Å². The van der Waals surface area contributed by atoms with E-state index in [1.807, 2.05) is 31.2 Å². The van der Waals surface area contributed by atoms with Crippen LogP contribution in [0.2, 0.25) is 0 Å². The normalized spacial score (nSPS) is 10.3. The van der Waals surface area contributed by atoms with Crippen LogP contribution in [0.4, 0.5) is 0 Å². The lowest BCUT2D eigenvalue weighted by Crippen LogP contribution is -1.90. The van der Waals surface area contributed by atoms with Crippen molar-refractivity contribution in [2.45, 2.75) is 6.92 Å². The second-order valence-electron chi connectivity index (χ2n) is 3.22. The molecule has 1 heterocycles. The summed E-state index contributed by atoms with van der Waals surface area (Å²) in [6, 6.07) is 7.84. The van der Waals surface area contributed by atoms with Crippen molar-refractivity contribution < 1.29 is 4.79 Å². The molecule has 0 amide bonds. The van der Waals surface area contributed by atoms with Gasteiger partial charge in [-0.2, -0.15) is 4.37 Å². The highest BCUT2D eigenvalue weighted by molar-refractivity contribution is 7.04. The fourth-order valence-electron chi connectivity index (χ4n) is 1.38. The van der Waals surface area contributed by atoms with Crippen LogP contribution in [0, 0.1) is 6.92 Å². The van der Waals surface area contributed by atoms with Crippen molar-refractivity contribution in [2.75, 3.05) is 0 Å². The molecule has 0 aliphatic heterocycles. The summed E-state index contributed by atoms with van der Waals surface area (Å²) in [6.45, 7) is 2.00. The Morgan fingerprint density at radius 3 is 2.93 bits per heavy atom. The monoisotopic (exact) mass is 237 g/mol. The Bertz CT molecular complexity index is 507. The molecule has 0 saturated heterocycles. The number of nitrogens with zero attached hydrogens (tertiary/aromatic N) is 1. The zero-order valence-electron chi connectivity index (χ0n) is 8.03. The van der Waals surface area contributed by atoms with E-state index in [2.05, 4.69) is 4.37 Å². The molecule has 0 aliphatic carbocycles. The van der Waals surface area contributed by atoms with Gasteiger partial charge in [-0.3, -0.25) is 4.79 Å². The zero-order chi connectivity index (χ0) is 10.8. The molecule has 2 aromatic rings. The first-order valence-electron chi connectivity index (χ1n) is 4.40. The lowest BCUT2D eigenvalue weighted by atomic mass is 10.1. The molecule has 2 rings (SSSR count). The van der Waals surface area contributed by atoms with Crippen molar-refractivity contribution >= 4 is 28.4 Å². The summed E-state index contributed by atoms with van der Waals surface area (Å²) < 4.78 is 4.19. The van der Waals surface area contributed by atoms with Crippen molar-refractivity contribution in [3.8, 4) is 11.3 Å². The van der Waals surface area contributed by atoms with E-state index in [0.717, 1.165) is 11.1 Å². The Kier molecular flexibility index (Phi) is 2.84. The predicted molar refractivity (Wildman–Crippen MR) is 62.5 cm³/mol. The highest BCUT2D eigenvalue weighted by Gasteiger charge is 2.13. The maximum atomic E-state index is 11.1. The minimum absolute atomic E-state index is 0.458. The first kappa shape index (κ1) is 10.3. The number of benzene rings is 1. The van der Waals surface area contributed by atoms with Crippen LogP contribution in [-0.2, 0) is 0 Å². The van der Waals surface area contributed by atoms with Crippen LogP contribution in [0.5, 0.6) is 0 Å². The Balaban J connectivity index is 2.54. The number of aromatic nitrogens is 1. The van der Waals surface area contributed by atoms with Crippen LogP contribution >= 0.6 is 23.1 Å². The summed E-state index contributed by atoms with van der Waals surface area (Å²) in [4.78, 5) is 11.1. The largest absolute Gasteiger partial charge is 0.275 e. The minimum Gasteiger partial charge on any atom is -0.275 e. The first-order valence-corrected chi connectivity index (χ1v) is 5.61. The highest BCUT2D eigenvalue weighted by Crippen LogP contribution is 2.25. The number of halogens is 1. The number of hydrogen-bond acceptors (Lipinski definition) is 3. The van der Waals surface area contributed by atoms with Crippen molar-refractivity contribution in [2.24, 2.45) is 0 Å². The van der Waals surface area contributed by atoms with Gasteiger partial charge in [-0.15, -0.1) is 0 Å². The molecular weight excluding hydrogens is 230 g/mol. The van der Waals surface area contributed by atoms with Crippen LogP contribution in [0.25, 0.3) is 11.3 Å². The summed E-state index contributed by atoms with van der Waals surface area (Å²) in [5.41, 5.74) is 3.21. The molecule has 0 atom stereocenters. The van der Waals surface area contributed by atoms with E-state index in [0.29, 0.717) is 11.3 Å². The van der Waals surface area contributed by atoms with E-state index < -0.39 is 5.24 Å². The van der Waals surface area contributed by atoms with Gasteiger partial charge in [0.15, 0.2) is 0 Å². The minimum atomic E-state index is -0.458. The molecular formula is C11H8ClNOS. The van der Waals surface area contributed by atoms with Gasteiger partial charge in [0.1, 0.15) is 0 Å². The smallest absolute Gasteiger partial charge is 0.255 e. The molecule has 0 unspecified atom stereocenters. The number of rotatable bonds is 2. The van der Waals surface area contributed by atoms with Crippen LogP contribution in [0.3, 0.4) is 0 Å². The summed E-state index contributed by atoms with van der Waals surface area (Å²) >= 11 is 6.71. The average Bonchev–Trinajstić information content (AvgIpc) is 2.65. The summed E-state index contributed by atoms with van der Waals surface area (Å²) in [5.74, 6) is 0. The molecule has 0 saturated carbocycles. The quantitative estimate of drug-likeness (QED) is 0.749. The zero-order valence-corrected chi connectivity index (χ0v) is 9.60. The molecule has 15 heavy (non-hydrogen) atoms. The van der Waals surface area contributed by atoms with Gasteiger partial charge in [-0.05, 0) is 36.1 Å². The van der Waals surface area contributed by atoms with Gasteiger partial charge in [0.25, 0.3) is 5.24 Å². The van der Waals surface area contributed by atoms with Gasteiger partial charge in [0.05, 0.1) is 11.3 Å². The third-order valence-corrected chi connectivity index (χ3v) is 2.91. The Morgan fingerprint density at radius 1 is 1.47 bits per heavy atom. The number of carbonyl (C=O) groups is 1. The van der Waals surface area contributed by atoms with Crippen molar-refractivity contribution in [3.63, 3.8) is 0 Å². The van der Waals surface area contributed by atoms with E-state index in [4.69, 9.17) is 11.6 Å². The van der Waals surface area contributed by atoms with Crippen molar-refractivity contribution in [3.05, 3.63) is 40.8 Å². The first-order chi connectivity index (χ1) is 7.18. The maximum absolute atomic E-state index is 11.1. The van der Waals surface area contributed by atoms with Gasteiger partial charge in [-0.25, -0.2) is 0 Å². The van der Waals surface area contributed by atoms with Crippen LogP contribution in [-0.4, -0.2) is 9.62 Å². The van der Waals surface area contributed by atoms with E-state index >= 15 is 0 Å². The van der Waals surface area contributed by atoms with E-state index in [9.17, 15) is 4.79 Å². The van der Waals surface area contributed by atoms with Crippen molar-refractivity contribution in [1.82, 2.24) is 4.37 Å². The fourth-order valence-corrected chi connectivity index (χ4v) is 2.27. The van der Waals surface area contributed by atoms with Gasteiger partial charge in [0.2, 0.25) is 0 Å². The Labute approximate surface area is 96.7 Å². The predicted octanol–water partition coefficient (Wildman–Crippen LogP) is 3.50. The van der Waals surface area contributed by atoms with Gasteiger partial charge >= 0.3 is 0 Å². The topological polar surface area (TPSA) is 30.0 Å². The molecule has 0 bridgehead atoms. The molecule has 1 aromatic heterocycles. The number of hydrogen-bond donors (Lipinski definition) is 0. The molecule has 0 spiro atoms. The number of carbonyl (C=O) groups excluding carboxylic acids is 1. The highest BCUT2D eigenvalue weighted by atomic mass is 35.5. The SMILES string of the molecule is Cc1cccc(-c2nscc2C(=O)Cl)c1. The molecule has 4 heteroatoms. The lowest BCUT2D eigenvalue weighted by molar-refractivity contribution is 0.108. The molecule has 1 aromatic carbocycles. The van der Waals surface area contributed by atoms with Gasteiger partial charge in [-0.1, -0.05) is 23.8 Å². The van der Waals surface area contributed by atoms with Crippen LogP contribution < -0.4 is 0 Å². The molecule has 2 nitrogen and oxygen atoms in total. The third kappa shape index (κ3) is 2.08. The summed E-state index contributed by atoms with van der Waals surface area (Å²) in [6.07, 6.45) is 0. The average molecular weight is 238 g/mol. The van der Waals surface area contributed by atoms with Crippen LogP contribution in [0.1, 0.15) is 15.9 Å². The van der Waals surface area contributed by atoms with E-state index in [1.54, 1.807) is 5.38 Å². The molecule has 76 valence electrons. The Hall–Kier alpha value is -1.19. The molecule has 0 aliphatic rings. The van der Waals surface area contributed by atoms with Gasteiger partial charge < -0.3 is 0 Å². The van der Waals surface area contributed by atoms with E-state index in [1.165, 1.54) is 11.5 Å². The maximum Gasteiger partial charge on any atom is 0.255 e. The third-order valence-electron chi connectivity index (χ3n) is 2.07.